The van der Waals surface area contributed by atoms with Gasteiger partial charge >= 0.3 is 0 Å². The van der Waals surface area contributed by atoms with Gasteiger partial charge in [0.15, 0.2) is 0 Å². The molecule has 1 aliphatic heterocycles. The Balaban J connectivity index is 1.98. The summed E-state index contributed by atoms with van der Waals surface area (Å²) >= 11 is 1.63. The Morgan fingerprint density at radius 1 is 1.33 bits per heavy atom. The highest BCUT2D eigenvalue weighted by molar-refractivity contribution is 7.10. The van der Waals surface area contributed by atoms with Crippen molar-refractivity contribution in [3.8, 4) is 11.8 Å². The van der Waals surface area contributed by atoms with E-state index in [0.717, 1.165) is 10.4 Å². The first-order chi connectivity index (χ1) is 8.70. The monoisotopic (exact) mass is 267 g/mol. The van der Waals surface area contributed by atoms with Crippen molar-refractivity contribution >= 4 is 11.3 Å². The van der Waals surface area contributed by atoms with Crippen molar-refractivity contribution in [1.29, 1.82) is 0 Å². The number of aliphatic hydroxyl groups is 3. The summed E-state index contributed by atoms with van der Waals surface area (Å²) in [4.78, 5) is 3.17. The summed E-state index contributed by atoms with van der Waals surface area (Å²) in [6, 6.07) is 1.97. The minimum atomic E-state index is -0.645. The lowest BCUT2D eigenvalue weighted by atomic mass is 10.2. The van der Waals surface area contributed by atoms with Crippen LogP contribution >= 0.6 is 11.3 Å². The molecule has 1 aromatic rings. The number of hydrogen-bond donors (Lipinski definition) is 3. The van der Waals surface area contributed by atoms with E-state index in [1.807, 2.05) is 16.3 Å². The molecule has 0 radical (unpaired) electrons. The van der Waals surface area contributed by atoms with Gasteiger partial charge in [0.2, 0.25) is 0 Å². The fraction of sp³-hybridized carbons (Fsp3) is 0.538. The van der Waals surface area contributed by atoms with Crippen LogP contribution in [0.3, 0.4) is 0 Å². The van der Waals surface area contributed by atoms with E-state index in [4.69, 9.17) is 5.11 Å². The van der Waals surface area contributed by atoms with Crippen molar-refractivity contribution in [1.82, 2.24) is 4.90 Å². The van der Waals surface area contributed by atoms with Crippen molar-refractivity contribution in [2.45, 2.75) is 25.2 Å². The van der Waals surface area contributed by atoms with Gasteiger partial charge in [0, 0.05) is 36.5 Å². The van der Waals surface area contributed by atoms with E-state index in [1.165, 1.54) is 0 Å². The molecular weight excluding hydrogens is 250 g/mol. The molecule has 1 saturated heterocycles. The van der Waals surface area contributed by atoms with Crippen LogP contribution in [0.1, 0.15) is 16.9 Å². The lowest BCUT2D eigenvalue weighted by Gasteiger charge is -2.13. The van der Waals surface area contributed by atoms with E-state index >= 15 is 0 Å². The standard InChI is InChI=1S/C13H17NO3S/c15-5-2-1-3-10-4-6-18-13(10)9-14-7-11(16)12(17)8-14/h4,6,11-12,15-17H,2,5,7-9H2. The van der Waals surface area contributed by atoms with Gasteiger partial charge in [-0.25, -0.2) is 0 Å². The maximum absolute atomic E-state index is 9.50. The van der Waals surface area contributed by atoms with E-state index in [1.54, 1.807) is 11.3 Å². The molecule has 2 unspecified atom stereocenters. The Labute approximate surface area is 110 Å². The summed E-state index contributed by atoms with van der Waals surface area (Å²) in [5.74, 6) is 5.95. The molecule has 2 rings (SSSR count). The van der Waals surface area contributed by atoms with E-state index in [-0.39, 0.29) is 6.61 Å². The van der Waals surface area contributed by atoms with Crippen molar-refractivity contribution in [3.63, 3.8) is 0 Å². The SMILES string of the molecule is OCCC#Cc1ccsc1CN1CC(O)C(O)C1. The highest BCUT2D eigenvalue weighted by atomic mass is 32.1. The zero-order valence-corrected chi connectivity index (χ0v) is 10.9. The zero-order valence-electron chi connectivity index (χ0n) is 10.0. The lowest BCUT2D eigenvalue weighted by molar-refractivity contribution is 0.0572. The summed E-state index contributed by atoms with van der Waals surface area (Å²) in [7, 11) is 0. The highest BCUT2D eigenvalue weighted by Gasteiger charge is 2.29. The number of aliphatic hydroxyl groups excluding tert-OH is 3. The number of rotatable bonds is 3. The molecule has 0 saturated carbocycles. The van der Waals surface area contributed by atoms with Crippen molar-refractivity contribution in [3.05, 3.63) is 21.9 Å². The topological polar surface area (TPSA) is 63.9 Å². The van der Waals surface area contributed by atoms with E-state index < -0.39 is 12.2 Å². The predicted octanol–water partition coefficient (Wildman–Crippen LogP) is 0.0194. The quantitative estimate of drug-likeness (QED) is 0.676. The van der Waals surface area contributed by atoms with Gasteiger partial charge in [0.05, 0.1) is 18.8 Å². The molecule has 0 aromatic carbocycles. The Hall–Kier alpha value is -0.900. The third-order valence-electron chi connectivity index (χ3n) is 2.91. The smallest absolute Gasteiger partial charge is 0.0938 e. The maximum Gasteiger partial charge on any atom is 0.0938 e. The molecule has 2 heterocycles. The van der Waals surface area contributed by atoms with Gasteiger partial charge in [0.1, 0.15) is 0 Å². The van der Waals surface area contributed by atoms with Crippen molar-refractivity contribution in [2.24, 2.45) is 0 Å². The first-order valence-electron chi connectivity index (χ1n) is 5.95. The third kappa shape index (κ3) is 3.31. The number of thiophene rings is 1. The Morgan fingerprint density at radius 2 is 2.06 bits per heavy atom. The van der Waals surface area contributed by atoms with Crippen LogP contribution in [0.5, 0.6) is 0 Å². The third-order valence-corrected chi connectivity index (χ3v) is 3.81. The molecule has 3 N–H and O–H groups in total. The fourth-order valence-corrected chi connectivity index (χ4v) is 2.84. The molecule has 0 amide bonds. The van der Waals surface area contributed by atoms with Crippen molar-refractivity contribution < 1.29 is 15.3 Å². The molecular formula is C13H17NO3S. The molecule has 2 atom stereocenters. The molecule has 98 valence electrons. The van der Waals surface area contributed by atoms with Crippen LogP contribution in [0, 0.1) is 11.8 Å². The second-order valence-electron chi connectivity index (χ2n) is 4.36. The van der Waals surface area contributed by atoms with Crippen LogP contribution in [0.4, 0.5) is 0 Å². The van der Waals surface area contributed by atoms with Crippen LogP contribution in [0.15, 0.2) is 11.4 Å². The second kappa shape index (κ2) is 6.32. The molecule has 4 nitrogen and oxygen atoms in total. The average molecular weight is 267 g/mol. The van der Waals surface area contributed by atoms with Crippen LogP contribution in [-0.2, 0) is 6.54 Å². The van der Waals surface area contributed by atoms with E-state index in [2.05, 4.69) is 11.8 Å². The van der Waals surface area contributed by atoms with Crippen molar-refractivity contribution in [2.75, 3.05) is 19.7 Å². The average Bonchev–Trinajstić information content (AvgIpc) is 2.88. The summed E-state index contributed by atoms with van der Waals surface area (Å²) < 4.78 is 0. The van der Waals surface area contributed by atoms with Crippen LogP contribution in [0.25, 0.3) is 0 Å². The van der Waals surface area contributed by atoms with Gasteiger partial charge in [-0.2, -0.15) is 0 Å². The van der Waals surface area contributed by atoms with Crippen LogP contribution < -0.4 is 0 Å². The number of hydrogen-bond acceptors (Lipinski definition) is 5. The van der Waals surface area contributed by atoms with Gasteiger partial charge < -0.3 is 15.3 Å². The normalized spacial score (nSPS) is 23.9. The molecule has 1 fully saturated rings. The summed E-state index contributed by atoms with van der Waals surface area (Å²) in [5.41, 5.74) is 0.976. The summed E-state index contributed by atoms with van der Waals surface area (Å²) in [6.45, 7) is 1.79. The number of nitrogens with zero attached hydrogens (tertiary/aromatic N) is 1. The predicted molar refractivity (Wildman–Crippen MR) is 70.2 cm³/mol. The lowest BCUT2D eigenvalue weighted by Crippen LogP contribution is -2.22. The minimum Gasteiger partial charge on any atom is -0.395 e. The fourth-order valence-electron chi connectivity index (χ4n) is 1.97. The first kappa shape index (κ1) is 13.5. The highest BCUT2D eigenvalue weighted by Crippen LogP contribution is 2.21. The Bertz CT molecular complexity index is 439. The molecule has 5 heteroatoms. The summed E-state index contributed by atoms with van der Waals surface area (Å²) in [5, 5.41) is 29.7. The first-order valence-corrected chi connectivity index (χ1v) is 6.83. The minimum absolute atomic E-state index is 0.0803. The summed E-state index contributed by atoms with van der Waals surface area (Å²) in [6.07, 6.45) is -0.807. The zero-order chi connectivity index (χ0) is 13.0. The second-order valence-corrected chi connectivity index (χ2v) is 5.36. The van der Waals surface area contributed by atoms with Gasteiger partial charge in [-0.15, -0.1) is 11.3 Å². The number of β-amino-alcohol motifs (C(OH)–C–C–N with tert-alkyl or cyclic N) is 2. The van der Waals surface area contributed by atoms with Gasteiger partial charge in [-0.1, -0.05) is 11.8 Å². The number of likely N-dealkylation sites (tertiary alicyclic amines) is 1. The molecule has 0 spiro atoms. The van der Waals surface area contributed by atoms with Crippen LogP contribution in [0.2, 0.25) is 0 Å². The largest absolute Gasteiger partial charge is 0.395 e. The molecule has 18 heavy (non-hydrogen) atoms. The Kier molecular flexibility index (Phi) is 4.75. The van der Waals surface area contributed by atoms with Gasteiger partial charge in [-0.3, -0.25) is 4.90 Å². The van der Waals surface area contributed by atoms with Gasteiger partial charge in [0.25, 0.3) is 0 Å². The van der Waals surface area contributed by atoms with Crippen LogP contribution in [-0.4, -0.2) is 52.1 Å². The molecule has 0 aliphatic carbocycles. The van der Waals surface area contributed by atoms with E-state index in [9.17, 15) is 10.2 Å². The maximum atomic E-state index is 9.50. The molecule has 0 bridgehead atoms. The Morgan fingerprint density at radius 3 is 2.72 bits per heavy atom. The molecule has 1 aromatic heterocycles. The van der Waals surface area contributed by atoms with Gasteiger partial charge in [-0.05, 0) is 11.4 Å². The van der Waals surface area contributed by atoms with E-state index in [0.29, 0.717) is 26.1 Å². The molecule has 1 aliphatic rings.